The van der Waals surface area contributed by atoms with Crippen molar-refractivity contribution in [2.45, 2.75) is 91.1 Å². The molecule has 0 amide bonds. The fourth-order valence-corrected chi connectivity index (χ4v) is 7.13. The molecular formula is C37H43N2+. The monoisotopic (exact) mass is 515 g/mol. The van der Waals surface area contributed by atoms with Crippen LogP contribution in [0.4, 0.5) is 11.4 Å². The first-order valence-corrected chi connectivity index (χ1v) is 14.9. The summed E-state index contributed by atoms with van der Waals surface area (Å²) in [7, 11) is 0. The maximum Gasteiger partial charge on any atom is 0.245 e. The molecule has 0 radical (unpaired) electrons. The second-order valence-corrected chi connectivity index (χ2v) is 12.8. The first kappa shape index (κ1) is 25.9. The third-order valence-electron chi connectivity index (χ3n) is 8.96. The molecule has 1 aliphatic heterocycles. The van der Waals surface area contributed by atoms with Gasteiger partial charge >= 0.3 is 0 Å². The molecule has 0 unspecified atom stereocenters. The van der Waals surface area contributed by atoms with Gasteiger partial charge in [0.2, 0.25) is 6.34 Å². The Kier molecular flexibility index (Phi) is 6.41. The van der Waals surface area contributed by atoms with Gasteiger partial charge in [-0.3, -0.25) is 0 Å². The molecule has 2 atom stereocenters. The molecule has 0 N–H and O–H groups in total. The highest BCUT2D eigenvalue weighted by atomic mass is 15.3. The number of benzene rings is 4. The van der Waals surface area contributed by atoms with E-state index < -0.39 is 0 Å². The number of fused-ring (bicyclic) bond motifs is 3. The average molecular weight is 516 g/mol. The standard InChI is InChI=1S/C37H43N2/c1-22(2)27-15-11-16-28(23(3)4)34(27)38-21-39(35-29(24(5)6)17-12-18-30(35)25(7)8)37-32-20-10-14-26-13-9-19-31(33(26)32)36(37)38/h9-25,36-37H,1-8H3/q+1/t36-,37+. The number of anilines is 1. The normalized spacial score (nSPS) is 18.3. The van der Waals surface area contributed by atoms with E-state index in [9.17, 15) is 0 Å². The highest BCUT2D eigenvalue weighted by Gasteiger charge is 2.52. The number of hydrogen-bond donors (Lipinski definition) is 0. The van der Waals surface area contributed by atoms with Crippen molar-refractivity contribution in [3.05, 3.63) is 106 Å². The van der Waals surface area contributed by atoms with Crippen molar-refractivity contribution in [3.63, 3.8) is 0 Å². The van der Waals surface area contributed by atoms with Crippen molar-refractivity contribution in [2.75, 3.05) is 4.90 Å². The van der Waals surface area contributed by atoms with Crippen LogP contribution in [0.5, 0.6) is 0 Å². The predicted molar refractivity (Wildman–Crippen MR) is 167 cm³/mol. The van der Waals surface area contributed by atoms with Crippen LogP contribution in [0.25, 0.3) is 10.8 Å². The Hall–Kier alpha value is -3.39. The van der Waals surface area contributed by atoms with Crippen molar-refractivity contribution < 1.29 is 4.58 Å². The first-order chi connectivity index (χ1) is 18.7. The van der Waals surface area contributed by atoms with Crippen LogP contribution in [0, 0.1) is 0 Å². The summed E-state index contributed by atoms with van der Waals surface area (Å²) in [4.78, 5) is 2.66. The molecule has 0 aromatic heterocycles. The minimum Gasteiger partial charge on any atom is -0.221 e. The molecule has 200 valence electrons. The Morgan fingerprint density at radius 1 is 0.564 bits per heavy atom. The lowest BCUT2D eigenvalue weighted by atomic mass is 9.90. The van der Waals surface area contributed by atoms with E-state index in [0.29, 0.717) is 23.7 Å². The van der Waals surface area contributed by atoms with Gasteiger partial charge in [0.25, 0.3) is 0 Å². The summed E-state index contributed by atoms with van der Waals surface area (Å²) in [6.07, 6.45) is 2.48. The Morgan fingerprint density at radius 3 is 1.54 bits per heavy atom. The summed E-state index contributed by atoms with van der Waals surface area (Å²) >= 11 is 0. The zero-order valence-electron chi connectivity index (χ0n) is 24.9. The van der Waals surface area contributed by atoms with Crippen molar-refractivity contribution in [1.82, 2.24) is 0 Å². The topological polar surface area (TPSA) is 6.25 Å². The molecule has 1 heterocycles. The highest BCUT2D eigenvalue weighted by Crippen LogP contribution is 2.56. The second kappa shape index (κ2) is 9.66. The molecule has 0 spiro atoms. The molecule has 1 aliphatic carbocycles. The van der Waals surface area contributed by atoms with Crippen LogP contribution >= 0.6 is 0 Å². The Bertz CT molecular complexity index is 1530. The molecular weight excluding hydrogens is 472 g/mol. The van der Waals surface area contributed by atoms with Gasteiger partial charge in [-0.25, -0.2) is 9.48 Å². The lowest BCUT2D eigenvalue weighted by Crippen LogP contribution is -2.26. The quantitative estimate of drug-likeness (QED) is 0.231. The van der Waals surface area contributed by atoms with Crippen LogP contribution in [0.15, 0.2) is 72.8 Å². The minimum atomic E-state index is 0.226. The smallest absolute Gasteiger partial charge is 0.221 e. The highest BCUT2D eigenvalue weighted by molar-refractivity contribution is 5.96. The number of rotatable bonds is 6. The summed E-state index contributed by atoms with van der Waals surface area (Å²) in [6.45, 7) is 18.7. The van der Waals surface area contributed by atoms with Crippen molar-refractivity contribution in [3.8, 4) is 0 Å². The molecule has 4 aromatic carbocycles. The molecule has 4 aromatic rings. The van der Waals surface area contributed by atoms with E-state index in [2.05, 4.69) is 144 Å². The van der Waals surface area contributed by atoms with Gasteiger partial charge in [-0.05, 0) is 34.4 Å². The molecule has 6 rings (SSSR count). The fourth-order valence-electron chi connectivity index (χ4n) is 7.13. The van der Waals surface area contributed by atoms with Crippen LogP contribution in [0.2, 0.25) is 0 Å². The lowest BCUT2D eigenvalue weighted by Gasteiger charge is -2.25. The Morgan fingerprint density at radius 2 is 1.03 bits per heavy atom. The number of nitrogens with zero attached hydrogens (tertiary/aromatic N) is 2. The van der Waals surface area contributed by atoms with Crippen molar-refractivity contribution in [1.29, 1.82) is 0 Å². The van der Waals surface area contributed by atoms with E-state index in [1.54, 1.807) is 0 Å². The average Bonchev–Trinajstić information content (AvgIpc) is 3.45. The van der Waals surface area contributed by atoms with E-state index in [1.807, 2.05) is 0 Å². The fraction of sp³-hybridized carbons (Fsp3) is 0.378. The van der Waals surface area contributed by atoms with Crippen molar-refractivity contribution >= 4 is 28.5 Å². The SMILES string of the molecule is CC(C)c1cccc(C(C)C)c1N1C=[N+](c2c(C(C)C)cccc2C(C)C)[C@@H]2c3cccc4cccc(c34)[C@@H]21. The van der Waals surface area contributed by atoms with Gasteiger partial charge in [0, 0.05) is 33.4 Å². The summed E-state index contributed by atoms with van der Waals surface area (Å²) in [5, 5.41) is 2.79. The summed E-state index contributed by atoms with van der Waals surface area (Å²) < 4.78 is 2.66. The molecule has 2 heteroatoms. The molecule has 0 saturated heterocycles. The molecule has 2 aliphatic rings. The molecule has 0 bridgehead atoms. The third kappa shape index (κ3) is 3.94. The molecule has 0 saturated carbocycles. The third-order valence-corrected chi connectivity index (χ3v) is 8.96. The minimum absolute atomic E-state index is 0.226. The lowest BCUT2D eigenvalue weighted by molar-refractivity contribution is -0.481. The van der Waals surface area contributed by atoms with E-state index in [1.165, 1.54) is 55.5 Å². The van der Waals surface area contributed by atoms with E-state index in [4.69, 9.17) is 0 Å². The van der Waals surface area contributed by atoms with E-state index in [0.717, 1.165) is 0 Å². The van der Waals surface area contributed by atoms with Crippen LogP contribution in [-0.2, 0) is 0 Å². The van der Waals surface area contributed by atoms with Gasteiger partial charge in [0.15, 0.2) is 12.1 Å². The maximum absolute atomic E-state index is 2.66. The number of para-hydroxylation sites is 2. The Balaban J connectivity index is 1.71. The van der Waals surface area contributed by atoms with Gasteiger partial charge in [-0.2, -0.15) is 0 Å². The van der Waals surface area contributed by atoms with Crippen LogP contribution in [0.3, 0.4) is 0 Å². The van der Waals surface area contributed by atoms with Crippen LogP contribution < -0.4 is 4.90 Å². The Labute approximate surface area is 235 Å². The van der Waals surface area contributed by atoms with Gasteiger partial charge in [0.1, 0.15) is 11.4 Å². The zero-order chi connectivity index (χ0) is 27.6. The number of hydrogen-bond acceptors (Lipinski definition) is 1. The molecule has 2 nitrogen and oxygen atoms in total. The van der Waals surface area contributed by atoms with Gasteiger partial charge in [0.05, 0.1) is 0 Å². The second-order valence-electron chi connectivity index (χ2n) is 12.8. The van der Waals surface area contributed by atoms with E-state index >= 15 is 0 Å². The predicted octanol–water partition coefficient (Wildman–Crippen LogP) is 10.3. The van der Waals surface area contributed by atoms with Crippen molar-refractivity contribution in [2.24, 2.45) is 0 Å². The van der Waals surface area contributed by atoms with Crippen LogP contribution in [-0.4, -0.2) is 10.9 Å². The first-order valence-electron chi connectivity index (χ1n) is 14.9. The summed E-state index contributed by atoms with van der Waals surface area (Å²) in [5.74, 6) is 1.75. The summed E-state index contributed by atoms with van der Waals surface area (Å²) in [6, 6.07) is 28.2. The molecule has 0 fully saturated rings. The van der Waals surface area contributed by atoms with E-state index in [-0.39, 0.29) is 12.1 Å². The van der Waals surface area contributed by atoms with Gasteiger partial charge in [-0.15, -0.1) is 0 Å². The summed E-state index contributed by atoms with van der Waals surface area (Å²) in [5.41, 5.74) is 11.4. The maximum atomic E-state index is 2.66. The molecule has 39 heavy (non-hydrogen) atoms. The zero-order valence-corrected chi connectivity index (χ0v) is 24.9. The largest absolute Gasteiger partial charge is 0.245 e. The van der Waals surface area contributed by atoms with Gasteiger partial charge < -0.3 is 0 Å². The van der Waals surface area contributed by atoms with Gasteiger partial charge in [-0.1, -0.05) is 128 Å². The van der Waals surface area contributed by atoms with Crippen LogP contribution in [0.1, 0.15) is 125 Å².